The number of pyridine rings is 1. The van der Waals surface area contributed by atoms with Crippen LogP contribution in [0.5, 0.6) is 0 Å². The molecule has 0 amide bonds. The van der Waals surface area contributed by atoms with Gasteiger partial charge in [0.1, 0.15) is 0 Å². The van der Waals surface area contributed by atoms with Gasteiger partial charge in [0, 0.05) is 75.0 Å². The molecule has 0 aliphatic heterocycles. The Bertz CT molecular complexity index is 3130. The normalized spacial score (nSPS) is 11.6. The Morgan fingerprint density at radius 2 is 0.804 bits per heavy atom. The second-order valence-electron chi connectivity index (χ2n) is 13.8. The maximum atomic E-state index is 5.32. The van der Waals surface area contributed by atoms with E-state index in [2.05, 4.69) is 138 Å². The zero-order chi connectivity index (χ0) is 37.0. The maximum absolute atomic E-state index is 5.32. The molecular formula is C50H30N4S2. The van der Waals surface area contributed by atoms with Gasteiger partial charge in [-0.1, -0.05) is 121 Å². The molecule has 0 aliphatic rings. The van der Waals surface area contributed by atoms with E-state index >= 15 is 0 Å². The van der Waals surface area contributed by atoms with Gasteiger partial charge in [-0.05, 0) is 76.3 Å². The molecule has 0 saturated heterocycles. The van der Waals surface area contributed by atoms with E-state index in [1.165, 1.54) is 51.5 Å². The van der Waals surface area contributed by atoms with Crippen molar-refractivity contribution in [3.8, 4) is 67.5 Å². The third kappa shape index (κ3) is 5.58. The van der Waals surface area contributed by atoms with Crippen LogP contribution >= 0.6 is 22.7 Å². The Labute approximate surface area is 331 Å². The van der Waals surface area contributed by atoms with Gasteiger partial charge < -0.3 is 0 Å². The van der Waals surface area contributed by atoms with Crippen LogP contribution in [0.3, 0.4) is 0 Å². The predicted molar refractivity (Wildman–Crippen MR) is 236 cm³/mol. The predicted octanol–water partition coefficient (Wildman–Crippen LogP) is 14.0. The van der Waals surface area contributed by atoms with Crippen LogP contribution in [0.4, 0.5) is 0 Å². The standard InChI is InChI=1S/C50H30N4S2/c1-2-13-31(14-3-1)48-52-49(54-50(53-48)39-17-5-4-16-36(39)32-15-12-26-51-30-32)35-28-33(37-20-10-24-44-46(37)40-18-6-8-22-42(40)55-44)27-34(29-35)38-21-11-25-45-47(38)41-19-7-9-23-43(41)56-45/h1-30H. The topological polar surface area (TPSA) is 51.6 Å². The summed E-state index contributed by atoms with van der Waals surface area (Å²) in [5, 5.41) is 5.06. The van der Waals surface area contributed by atoms with Gasteiger partial charge in [-0.25, -0.2) is 15.0 Å². The second-order valence-corrected chi connectivity index (χ2v) is 16.0. The van der Waals surface area contributed by atoms with Gasteiger partial charge in [0.15, 0.2) is 17.5 Å². The summed E-state index contributed by atoms with van der Waals surface area (Å²) >= 11 is 3.68. The van der Waals surface area contributed by atoms with Gasteiger partial charge in [0.2, 0.25) is 0 Å². The van der Waals surface area contributed by atoms with Gasteiger partial charge in [-0.3, -0.25) is 4.98 Å². The van der Waals surface area contributed by atoms with Crippen molar-refractivity contribution >= 4 is 63.0 Å². The van der Waals surface area contributed by atoms with Crippen LogP contribution in [-0.2, 0) is 0 Å². The van der Waals surface area contributed by atoms with Gasteiger partial charge in [-0.15, -0.1) is 22.7 Å². The molecule has 0 spiro atoms. The number of aromatic nitrogens is 4. The van der Waals surface area contributed by atoms with Gasteiger partial charge in [-0.2, -0.15) is 0 Å². The summed E-state index contributed by atoms with van der Waals surface area (Å²) in [6.45, 7) is 0. The Kier molecular flexibility index (Phi) is 7.83. The monoisotopic (exact) mass is 750 g/mol. The largest absolute Gasteiger partial charge is 0.264 e. The molecule has 56 heavy (non-hydrogen) atoms. The first kappa shape index (κ1) is 32.6. The highest BCUT2D eigenvalue weighted by molar-refractivity contribution is 7.26. The maximum Gasteiger partial charge on any atom is 0.164 e. The number of hydrogen-bond acceptors (Lipinski definition) is 6. The van der Waals surface area contributed by atoms with Crippen molar-refractivity contribution in [2.75, 3.05) is 0 Å². The van der Waals surface area contributed by atoms with Crippen molar-refractivity contribution in [3.05, 3.63) is 182 Å². The van der Waals surface area contributed by atoms with Crippen LogP contribution in [0, 0.1) is 0 Å². The quantitative estimate of drug-likeness (QED) is 0.170. The smallest absolute Gasteiger partial charge is 0.164 e. The number of nitrogens with zero attached hydrogens (tertiary/aromatic N) is 4. The SMILES string of the molecule is c1ccc(-c2nc(-c3cc(-c4cccc5sc6ccccc6c45)cc(-c4cccc5sc6ccccc6c45)c3)nc(-c3ccccc3-c3cccnc3)n2)cc1. The minimum Gasteiger partial charge on any atom is -0.264 e. The molecule has 6 heteroatoms. The Morgan fingerprint density at radius 3 is 1.43 bits per heavy atom. The van der Waals surface area contributed by atoms with E-state index in [0.29, 0.717) is 17.5 Å². The molecular weight excluding hydrogens is 721 g/mol. The van der Waals surface area contributed by atoms with E-state index in [0.717, 1.165) is 38.9 Å². The van der Waals surface area contributed by atoms with Gasteiger partial charge in [0.25, 0.3) is 0 Å². The first-order valence-corrected chi connectivity index (χ1v) is 20.2. The van der Waals surface area contributed by atoms with E-state index in [1.54, 1.807) is 6.20 Å². The molecule has 0 saturated carbocycles. The lowest BCUT2D eigenvalue weighted by molar-refractivity contribution is 1.07. The van der Waals surface area contributed by atoms with Crippen LogP contribution in [0.2, 0.25) is 0 Å². The molecule has 4 nitrogen and oxygen atoms in total. The highest BCUT2D eigenvalue weighted by Crippen LogP contribution is 2.45. The van der Waals surface area contributed by atoms with E-state index in [4.69, 9.17) is 15.0 Å². The number of thiophene rings is 2. The highest BCUT2D eigenvalue weighted by Gasteiger charge is 2.20. The summed E-state index contributed by atoms with van der Waals surface area (Å²) in [7, 11) is 0. The van der Waals surface area contributed by atoms with Crippen molar-refractivity contribution < 1.29 is 0 Å². The number of hydrogen-bond donors (Lipinski definition) is 0. The summed E-state index contributed by atoms with van der Waals surface area (Å²) in [5.74, 6) is 1.84. The van der Waals surface area contributed by atoms with E-state index in [9.17, 15) is 0 Å². The minimum atomic E-state index is 0.608. The fourth-order valence-corrected chi connectivity index (χ4v) is 10.2. The van der Waals surface area contributed by atoms with Crippen molar-refractivity contribution in [1.82, 2.24) is 19.9 Å². The summed E-state index contributed by atoms with van der Waals surface area (Å²) < 4.78 is 5.09. The van der Waals surface area contributed by atoms with E-state index in [1.807, 2.05) is 65.3 Å². The molecule has 0 bridgehead atoms. The number of fused-ring (bicyclic) bond motifs is 6. The van der Waals surface area contributed by atoms with E-state index in [-0.39, 0.29) is 0 Å². The number of rotatable bonds is 6. The van der Waals surface area contributed by atoms with Crippen LogP contribution in [0.1, 0.15) is 0 Å². The summed E-state index contributed by atoms with van der Waals surface area (Å²) in [5.41, 5.74) is 9.38. The molecule has 4 aromatic heterocycles. The van der Waals surface area contributed by atoms with Gasteiger partial charge >= 0.3 is 0 Å². The lowest BCUT2D eigenvalue weighted by Gasteiger charge is -2.15. The third-order valence-corrected chi connectivity index (χ3v) is 12.7. The molecule has 0 N–H and O–H groups in total. The van der Waals surface area contributed by atoms with E-state index < -0.39 is 0 Å². The first-order chi connectivity index (χ1) is 27.7. The van der Waals surface area contributed by atoms with Crippen LogP contribution < -0.4 is 0 Å². The van der Waals surface area contributed by atoms with Crippen LogP contribution in [-0.4, -0.2) is 19.9 Å². The molecule has 0 aliphatic carbocycles. The van der Waals surface area contributed by atoms with Crippen LogP contribution in [0.25, 0.3) is 108 Å². The third-order valence-electron chi connectivity index (χ3n) is 10.4. The highest BCUT2D eigenvalue weighted by atomic mass is 32.1. The van der Waals surface area contributed by atoms with Crippen molar-refractivity contribution in [1.29, 1.82) is 0 Å². The zero-order valence-corrected chi connectivity index (χ0v) is 31.6. The second kappa shape index (κ2) is 13.5. The average Bonchev–Trinajstić information content (AvgIpc) is 3.85. The van der Waals surface area contributed by atoms with Gasteiger partial charge in [0.05, 0.1) is 0 Å². The summed E-state index contributed by atoms with van der Waals surface area (Å²) in [6.07, 6.45) is 3.68. The fourth-order valence-electron chi connectivity index (χ4n) is 7.89. The zero-order valence-electron chi connectivity index (χ0n) is 29.9. The Hall–Kier alpha value is -6.86. The molecule has 11 rings (SSSR count). The number of benzene rings is 7. The molecule has 0 fully saturated rings. The average molecular weight is 751 g/mol. The van der Waals surface area contributed by atoms with Crippen molar-refractivity contribution in [3.63, 3.8) is 0 Å². The molecule has 0 atom stereocenters. The first-order valence-electron chi connectivity index (χ1n) is 18.5. The molecule has 7 aromatic carbocycles. The molecule has 11 aromatic rings. The fraction of sp³-hybridized carbons (Fsp3) is 0. The Morgan fingerprint density at radius 1 is 0.321 bits per heavy atom. The lowest BCUT2D eigenvalue weighted by atomic mass is 9.92. The van der Waals surface area contributed by atoms with Crippen molar-refractivity contribution in [2.45, 2.75) is 0 Å². The van der Waals surface area contributed by atoms with Crippen LogP contribution in [0.15, 0.2) is 182 Å². The lowest BCUT2D eigenvalue weighted by Crippen LogP contribution is -2.01. The Balaban J connectivity index is 1.21. The van der Waals surface area contributed by atoms with Crippen molar-refractivity contribution in [2.24, 2.45) is 0 Å². The molecule has 0 radical (unpaired) electrons. The minimum absolute atomic E-state index is 0.608. The molecule has 4 heterocycles. The molecule has 262 valence electrons. The molecule has 0 unspecified atom stereocenters. The summed E-state index contributed by atoms with van der Waals surface area (Å²) in [4.78, 5) is 20.1. The summed E-state index contributed by atoms with van der Waals surface area (Å²) in [6, 6.07) is 60.1.